The largest absolute Gasteiger partial charge is 0.326 e. The molecule has 0 radical (unpaired) electrons. The zero-order valence-electron chi connectivity index (χ0n) is 13.3. The number of anilines is 2. The van der Waals surface area contributed by atoms with E-state index in [0.717, 1.165) is 25.7 Å². The van der Waals surface area contributed by atoms with Gasteiger partial charge in [0.25, 0.3) is 0 Å². The zero-order valence-corrected chi connectivity index (χ0v) is 14.1. The van der Waals surface area contributed by atoms with Crippen LogP contribution in [0.25, 0.3) is 11.3 Å². The van der Waals surface area contributed by atoms with E-state index in [1.54, 1.807) is 11.4 Å². The van der Waals surface area contributed by atoms with Crippen molar-refractivity contribution in [2.45, 2.75) is 32.6 Å². The van der Waals surface area contributed by atoms with Gasteiger partial charge in [0.05, 0.1) is 11.4 Å². The second-order valence-electron chi connectivity index (χ2n) is 5.88. The smallest absolute Gasteiger partial charge is 0.229 e. The van der Waals surface area contributed by atoms with Crippen molar-refractivity contribution in [1.82, 2.24) is 4.98 Å². The maximum absolute atomic E-state index is 13.4. The Kier molecular flexibility index (Phi) is 4.89. The number of hydrogen-bond acceptors (Lipinski definition) is 4. The molecule has 1 aromatic carbocycles. The van der Waals surface area contributed by atoms with Crippen LogP contribution in [0.1, 0.15) is 32.6 Å². The molecule has 1 heterocycles. The average molecular weight is 347 g/mol. The van der Waals surface area contributed by atoms with Gasteiger partial charge >= 0.3 is 0 Å². The fourth-order valence-corrected chi connectivity index (χ4v) is 3.60. The lowest BCUT2D eigenvalue weighted by Gasteiger charge is -2.09. The van der Waals surface area contributed by atoms with Gasteiger partial charge in [-0.2, -0.15) is 0 Å². The van der Waals surface area contributed by atoms with Crippen LogP contribution in [0.5, 0.6) is 0 Å². The minimum absolute atomic E-state index is 0.00888. The normalized spacial score (nSPS) is 14.6. The Hall–Kier alpha value is -2.28. The molecule has 0 atom stereocenters. The molecular formula is C17H18FN3O2S. The van der Waals surface area contributed by atoms with Crippen LogP contribution in [-0.4, -0.2) is 16.8 Å². The third kappa shape index (κ3) is 3.79. The first kappa shape index (κ1) is 16.6. The molecule has 24 heavy (non-hydrogen) atoms. The van der Waals surface area contributed by atoms with E-state index in [1.807, 2.05) is 0 Å². The first-order chi connectivity index (χ1) is 11.5. The zero-order chi connectivity index (χ0) is 17.1. The fourth-order valence-electron chi connectivity index (χ4n) is 2.88. The molecule has 2 aromatic rings. The summed E-state index contributed by atoms with van der Waals surface area (Å²) >= 11 is 1.31. The third-order valence-corrected chi connectivity index (χ3v) is 4.79. The molecule has 7 heteroatoms. The van der Waals surface area contributed by atoms with Crippen LogP contribution in [0, 0.1) is 11.7 Å². The van der Waals surface area contributed by atoms with Crippen LogP contribution in [0.4, 0.5) is 15.2 Å². The van der Waals surface area contributed by atoms with Crippen LogP contribution < -0.4 is 10.6 Å². The summed E-state index contributed by atoms with van der Waals surface area (Å²) in [5.74, 6) is -0.646. The first-order valence-corrected chi connectivity index (χ1v) is 8.75. The van der Waals surface area contributed by atoms with E-state index in [-0.39, 0.29) is 17.7 Å². The van der Waals surface area contributed by atoms with E-state index in [2.05, 4.69) is 15.6 Å². The van der Waals surface area contributed by atoms with E-state index in [1.165, 1.54) is 30.4 Å². The van der Waals surface area contributed by atoms with E-state index in [0.29, 0.717) is 22.1 Å². The number of carbonyl (C=O) groups excluding carboxylic acids is 2. The summed E-state index contributed by atoms with van der Waals surface area (Å²) < 4.78 is 13.4. The monoisotopic (exact) mass is 347 g/mol. The Bertz CT molecular complexity index is 769. The highest BCUT2D eigenvalue weighted by Gasteiger charge is 2.23. The van der Waals surface area contributed by atoms with Crippen molar-refractivity contribution in [3.05, 3.63) is 29.4 Å². The lowest BCUT2D eigenvalue weighted by atomic mass is 10.1. The van der Waals surface area contributed by atoms with Crippen molar-refractivity contribution in [2.24, 2.45) is 5.92 Å². The van der Waals surface area contributed by atoms with Crippen molar-refractivity contribution in [3.63, 3.8) is 0 Å². The molecule has 1 saturated carbocycles. The van der Waals surface area contributed by atoms with Gasteiger partial charge in [-0.1, -0.05) is 12.8 Å². The highest BCUT2D eigenvalue weighted by atomic mass is 32.1. The number of aromatic nitrogens is 1. The number of rotatable bonds is 4. The molecular weight excluding hydrogens is 329 g/mol. The maximum atomic E-state index is 13.4. The molecule has 0 spiro atoms. The summed E-state index contributed by atoms with van der Waals surface area (Å²) in [7, 11) is 0. The minimum Gasteiger partial charge on any atom is -0.326 e. The van der Waals surface area contributed by atoms with Gasteiger partial charge in [-0.15, -0.1) is 11.3 Å². The van der Waals surface area contributed by atoms with E-state index >= 15 is 0 Å². The molecule has 1 aliphatic carbocycles. The number of nitrogens with one attached hydrogen (secondary N) is 2. The molecule has 1 aromatic heterocycles. The molecule has 5 nitrogen and oxygen atoms in total. The highest BCUT2D eigenvalue weighted by molar-refractivity contribution is 7.14. The number of hydrogen-bond donors (Lipinski definition) is 2. The number of nitrogens with zero attached hydrogens (tertiary/aromatic N) is 1. The van der Waals surface area contributed by atoms with Gasteiger partial charge in [0, 0.05) is 23.8 Å². The maximum Gasteiger partial charge on any atom is 0.229 e. The Labute approximate surface area is 143 Å². The quantitative estimate of drug-likeness (QED) is 0.877. The molecule has 0 aliphatic heterocycles. The van der Waals surface area contributed by atoms with Crippen molar-refractivity contribution in [3.8, 4) is 11.3 Å². The molecule has 3 rings (SSSR count). The van der Waals surface area contributed by atoms with Gasteiger partial charge in [0.1, 0.15) is 5.82 Å². The molecule has 0 saturated heterocycles. The first-order valence-electron chi connectivity index (χ1n) is 7.87. The summed E-state index contributed by atoms with van der Waals surface area (Å²) in [5, 5.41) is 7.75. The number of benzene rings is 1. The van der Waals surface area contributed by atoms with E-state index in [9.17, 15) is 14.0 Å². The van der Waals surface area contributed by atoms with Crippen LogP contribution in [0.3, 0.4) is 0 Å². The number of amides is 2. The molecule has 126 valence electrons. The van der Waals surface area contributed by atoms with Crippen molar-refractivity contribution in [1.29, 1.82) is 0 Å². The lowest BCUT2D eigenvalue weighted by molar-refractivity contribution is -0.119. The Morgan fingerprint density at radius 2 is 2.00 bits per heavy atom. The Morgan fingerprint density at radius 1 is 1.25 bits per heavy atom. The van der Waals surface area contributed by atoms with Crippen LogP contribution in [-0.2, 0) is 9.59 Å². The van der Waals surface area contributed by atoms with Gasteiger partial charge in [0.2, 0.25) is 11.8 Å². The Morgan fingerprint density at radius 3 is 2.71 bits per heavy atom. The average Bonchev–Trinajstić information content (AvgIpc) is 3.18. The highest BCUT2D eigenvalue weighted by Crippen LogP contribution is 2.32. The van der Waals surface area contributed by atoms with Gasteiger partial charge in [-0.25, -0.2) is 9.37 Å². The number of halogens is 1. The van der Waals surface area contributed by atoms with Crippen LogP contribution in [0.2, 0.25) is 0 Å². The van der Waals surface area contributed by atoms with Crippen LogP contribution in [0.15, 0.2) is 23.6 Å². The van der Waals surface area contributed by atoms with Gasteiger partial charge in [-0.3, -0.25) is 9.59 Å². The third-order valence-electron chi connectivity index (χ3n) is 4.03. The van der Waals surface area contributed by atoms with Gasteiger partial charge < -0.3 is 10.6 Å². The predicted octanol–water partition coefficient (Wildman–Crippen LogP) is 4.04. The number of thiazole rings is 1. The number of carbonyl (C=O) groups is 2. The fraction of sp³-hybridized carbons (Fsp3) is 0.353. The standard InChI is InChI=1S/C17H18FN3O2S/c1-10(22)19-14-8-12(18)6-7-13(14)15-9-24-17(20-15)21-16(23)11-4-2-3-5-11/h6-9,11H,2-5H2,1H3,(H,19,22)(H,20,21,23). The molecule has 1 aliphatic rings. The summed E-state index contributed by atoms with van der Waals surface area (Å²) in [4.78, 5) is 27.9. The van der Waals surface area contributed by atoms with Gasteiger partial charge in [-0.05, 0) is 31.0 Å². The topological polar surface area (TPSA) is 71.1 Å². The molecule has 2 N–H and O–H groups in total. The second-order valence-corrected chi connectivity index (χ2v) is 6.74. The van der Waals surface area contributed by atoms with Crippen molar-refractivity contribution >= 4 is 34.0 Å². The molecule has 0 bridgehead atoms. The van der Waals surface area contributed by atoms with Crippen molar-refractivity contribution < 1.29 is 14.0 Å². The molecule has 2 amide bonds. The molecule has 0 unspecified atom stereocenters. The lowest BCUT2D eigenvalue weighted by Crippen LogP contribution is -2.20. The summed E-state index contributed by atoms with van der Waals surface area (Å²) in [5.41, 5.74) is 1.57. The van der Waals surface area contributed by atoms with Gasteiger partial charge in [0.15, 0.2) is 5.13 Å². The SMILES string of the molecule is CC(=O)Nc1cc(F)ccc1-c1csc(NC(=O)C2CCCC2)n1. The molecule has 1 fully saturated rings. The second kappa shape index (κ2) is 7.09. The summed E-state index contributed by atoms with van der Waals surface area (Å²) in [6.45, 7) is 1.36. The summed E-state index contributed by atoms with van der Waals surface area (Å²) in [6.07, 6.45) is 4.04. The summed E-state index contributed by atoms with van der Waals surface area (Å²) in [6, 6.07) is 4.14. The van der Waals surface area contributed by atoms with E-state index < -0.39 is 5.82 Å². The Balaban J connectivity index is 1.80. The van der Waals surface area contributed by atoms with Crippen molar-refractivity contribution in [2.75, 3.05) is 10.6 Å². The van der Waals surface area contributed by atoms with E-state index in [4.69, 9.17) is 0 Å². The predicted molar refractivity (Wildman–Crippen MR) is 92.4 cm³/mol. The van der Waals surface area contributed by atoms with Crippen LogP contribution >= 0.6 is 11.3 Å². The minimum atomic E-state index is -0.438.